The fourth-order valence-electron chi connectivity index (χ4n) is 8.39. The van der Waals surface area contributed by atoms with Crippen molar-refractivity contribution in [2.45, 2.75) is 19.3 Å². The molecule has 1 aliphatic carbocycles. The standard InChI is InChI=1S/C51H36N2/c1-51(2)45-26-14-25-43(49(45)44-30-36-19-9-10-20-37(36)31-46(44)51)41-27-28-42(40-24-12-11-23-39(40)41)48-32-47(52-50(53-48)34-17-7-4-8-18-34)38-22-13-21-35(29-38)33-15-5-3-6-16-33/h3-32H,1-2H3. The Morgan fingerprint density at radius 2 is 0.943 bits per heavy atom. The molecule has 0 radical (unpaired) electrons. The van der Waals surface area contributed by atoms with Gasteiger partial charge in [0.2, 0.25) is 0 Å². The summed E-state index contributed by atoms with van der Waals surface area (Å²) >= 11 is 0. The van der Waals surface area contributed by atoms with Gasteiger partial charge in [0, 0.05) is 22.1 Å². The summed E-state index contributed by atoms with van der Waals surface area (Å²) in [5, 5.41) is 4.93. The van der Waals surface area contributed by atoms with Crippen LogP contribution in [-0.4, -0.2) is 9.97 Å². The Morgan fingerprint density at radius 1 is 0.358 bits per heavy atom. The third-order valence-corrected chi connectivity index (χ3v) is 11.1. The van der Waals surface area contributed by atoms with E-state index in [2.05, 4.69) is 178 Å². The molecule has 0 saturated heterocycles. The molecular formula is C51H36N2. The van der Waals surface area contributed by atoms with Crippen LogP contribution in [0.4, 0.5) is 0 Å². The Bertz CT molecular complexity index is 2850. The molecule has 2 heteroatoms. The predicted molar refractivity (Wildman–Crippen MR) is 222 cm³/mol. The summed E-state index contributed by atoms with van der Waals surface area (Å²) < 4.78 is 0. The minimum atomic E-state index is -0.108. The maximum atomic E-state index is 5.26. The van der Waals surface area contributed by atoms with Gasteiger partial charge < -0.3 is 0 Å². The average molecular weight is 677 g/mol. The molecule has 0 unspecified atom stereocenters. The highest BCUT2D eigenvalue weighted by atomic mass is 14.9. The molecule has 9 aromatic rings. The third-order valence-electron chi connectivity index (χ3n) is 11.1. The highest BCUT2D eigenvalue weighted by Gasteiger charge is 2.37. The van der Waals surface area contributed by atoms with Gasteiger partial charge in [-0.1, -0.05) is 172 Å². The van der Waals surface area contributed by atoms with Crippen LogP contribution in [0.25, 0.3) is 88.8 Å². The lowest BCUT2D eigenvalue weighted by molar-refractivity contribution is 0.661. The second kappa shape index (κ2) is 12.3. The van der Waals surface area contributed by atoms with Crippen molar-refractivity contribution >= 4 is 21.5 Å². The summed E-state index contributed by atoms with van der Waals surface area (Å²) in [4.78, 5) is 10.4. The second-order valence-corrected chi connectivity index (χ2v) is 14.6. The summed E-state index contributed by atoms with van der Waals surface area (Å²) in [5.74, 6) is 0.711. The summed E-state index contributed by atoms with van der Waals surface area (Å²) in [5.41, 5.74) is 15.1. The first-order valence-corrected chi connectivity index (χ1v) is 18.3. The summed E-state index contributed by atoms with van der Waals surface area (Å²) in [7, 11) is 0. The normalized spacial score (nSPS) is 12.9. The fraction of sp³-hybridized carbons (Fsp3) is 0.0588. The molecule has 0 saturated carbocycles. The Hall–Kier alpha value is -6.64. The van der Waals surface area contributed by atoms with E-state index in [-0.39, 0.29) is 5.41 Å². The van der Waals surface area contributed by atoms with E-state index in [0.717, 1.165) is 33.6 Å². The van der Waals surface area contributed by atoms with Crippen molar-refractivity contribution in [1.29, 1.82) is 0 Å². The van der Waals surface area contributed by atoms with Gasteiger partial charge in [-0.15, -0.1) is 0 Å². The summed E-state index contributed by atoms with van der Waals surface area (Å²) in [6, 6.07) is 65.4. The van der Waals surface area contributed by atoms with Gasteiger partial charge in [-0.25, -0.2) is 9.97 Å². The van der Waals surface area contributed by atoms with Gasteiger partial charge in [-0.3, -0.25) is 0 Å². The van der Waals surface area contributed by atoms with E-state index in [0.29, 0.717) is 5.82 Å². The number of fused-ring (bicyclic) bond motifs is 5. The average Bonchev–Trinajstić information content (AvgIpc) is 3.45. The molecule has 1 heterocycles. The topological polar surface area (TPSA) is 25.8 Å². The maximum absolute atomic E-state index is 5.26. The zero-order valence-electron chi connectivity index (χ0n) is 29.7. The summed E-state index contributed by atoms with van der Waals surface area (Å²) in [6.45, 7) is 4.73. The van der Waals surface area contributed by atoms with Crippen LogP contribution in [0, 0.1) is 0 Å². The van der Waals surface area contributed by atoms with Crippen molar-refractivity contribution < 1.29 is 0 Å². The van der Waals surface area contributed by atoms with E-state index in [1.54, 1.807) is 0 Å². The first kappa shape index (κ1) is 31.1. The fourth-order valence-corrected chi connectivity index (χ4v) is 8.39. The number of rotatable bonds is 5. The second-order valence-electron chi connectivity index (χ2n) is 14.6. The quantitative estimate of drug-likeness (QED) is 0.181. The predicted octanol–water partition coefficient (Wildman–Crippen LogP) is 13.4. The Morgan fingerprint density at radius 3 is 1.72 bits per heavy atom. The van der Waals surface area contributed by atoms with Crippen molar-refractivity contribution in [3.05, 3.63) is 193 Å². The van der Waals surface area contributed by atoms with E-state index >= 15 is 0 Å². The SMILES string of the molecule is CC1(C)c2cc3ccccc3cc2-c2c(-c3ccc(-c4cc(-c5cccc(-c6ccccc6)c5)nc(-c5ccccc5)n4)c4ccccc34)cccc21. The number of hydrogen-bond donors (Lipinski definition) is 0. The molecule has 0 aliphatic heterocycles. The molecule has 0 amide bonds. The van der Waals surface area contributed by atoms with E-state index in [4.69, 9.17) is 9.97 Å². The molecule has 1 aliphatic rings. The van der Waals surface area contributed by atoms with Crippen LogP contribution in [0.2, 0.25) is 0 Å². The summed E-state index contributed by atoms with van der Waals surface area (Å²) in [6.07, 6.45) is 0. The maximum Gasteiger partial charge on any atom is 0.160 e. The molecule has 1 aromatic heterocycles. The number of benzene rings is 8. The Labute approximate surface area is 310 Å². The molecular weight excluding hydrogens is 641 g/mol. The van der Waals surface area contributed by atoms with Gasteiger partial charge >= 0.3 is 0 Å². The Balaban J connectivity index is 1.17. The van der Waals surface area contributed by atoms with E-state index < -0.39 is 0 Å². The first-order valence-electron chi connectivity index (χ1n) is 18.3. The largest absolute Gasteiger partial charge is 0.228 e. The van der Waals surface area contributed by atoms with Crippen LogP contribution in [0.5, 0.6) is 0 Å². The molecule has 10 rings (SSSR count). The lowest BCUT2D eigenvalue weighted by atomic mass is 9.81. The van der Waals surface area contributed by atoms with Gasteiger partial charge in [-0.05, 0) is 90.3 Å². The van der Waals surface area contributed by atoms with Crippen molar-refractivity contribution in [2.75, 3.05) is 0 Å². The molecule has 0 fully saturated rings. The zero-order valence-corrected chi connectivity index (χ0v) is 29.7. The van der Waals surface area contributed by atoms with E-state index in [1.165, 1.54) is 60.5 Å². The minimum absolute atomic E-state index is 0.108. The van der Waals surface area contributed by atoms with Gasteiger partial charge in [0.1, 0.15) is 0 Å². The van der Waals surface area contributed by atoms with Crippen LogP contribution in [0.15, 0.2) is 182 Å². The third kappa shape index (κ3) is 5.18. The molecule has 53 heavy (non-hydrogen) atoms. The van der Waals surface area contributed by atoms with Crippen molar-refractivity contribution in [3.8, 4) is 67.3 Å². The van der Waals surface area contributed by atoms with E-state index in [9.17, 15) is 0 Å². The molecule has 2 nitrogen and oxygen atoms in total. The highest BCUT2D eigenvalue weighted by molar-refractivity contribution is 6.08. The van der Waals surface area contributed by atoms with Crippen molar-refractivity contribution in [2.24, 2.45) is 0 Å². The van der Waals surface area contributed by atoms with Crippen molar-refractivity contribution in [1.82, 2.24) is 9.97 Å². The minimum Gasteiger partial charge on any atom is -0.228 e. The molecule has 250 valence electrons. The smallest absolute Gasteiger partial charge is 0.160 e. The van der Waals surface area contributed by atoms with Gasteiger partial charge in [-0.2, -0.15) is 0 Å². The molecule has 0 N–H and O–H groups in total. The molecule has 0 bridgehead atoms. The highest BCUT2D eigenvalue weighted by Crippen LogP contribution is 2.54. The van der Waals surface area contributed by atoms with Crippen LogP contribution in [0.3, 0.4) is 0 Å². The molecule has 8 aromatic carbocycles. The van der Waals surface area contributed by atoms with Crippen LogP contribution in [-0.2, 0) is 5.41 Å². The van der Waals surface area contributed by atoms with E-state index in [1.807, 2.05) is 18.2 Å². The van der Waals surface area contributed by atoms with Gasteiger partial charge in [0.05, 0.1) is 11.4 Å². The lowest BCUT2D eigenvalue weighted by Gasteiger charge is -2.22. The molecule has 0 spiro atoms. The Kier molecular flexibility index (Phi) is 7.19. The number of hydrogen-bond acceptors (Lipinski definition) is 2. The van der Waals surface area contributed by atoms with Gasteiger partial charge in [0.25, 0.3) is 0 Å². The first-order chi connectivity index (χ1) is 26.0. The van der Waals surface area contributed by atoms with Crippen LogP contribution < -0.4 is 0 Å². The van der Waals surface area contributed by atoms with Crippen LogP contribution >= 0.6 is 0 Å². The van der Waals surface area contributed by atoms with Crippen LogP contribution in [0.1, 0.15) is 25.0 Å². The van der Waals surface area contributed by atoms with Gasteiger partial charge in [0.15, 0.2) is 5.82 Å². The number of nitrogens with zero attached hydrogens (tertiary/aromatic N) is 2. The monoisotopic (exact) mass is 676 g/mol. The van der Waals surface area contributed by atoms with Crippen molar-refractivity contribution in [3.63, 3.8) is 0 Å². The molecule has 0 atom stereocenters. The zero-order chi connectivity index (χ0) is 35.5. The lowest BCUT2D eigenvalue weighted by Crippen LogP contribution is -2.14. The number of aromatic nitrogens is 2.